The van der Waals surface area contributed by atoms with Crippen LogP contribution in [0.25, 0.3) is 0 Å². The fourth-order valence-electron chi connectivity index (χ4n) is 1.49. The molecule has 2 rings (SSSR count). The van der Waals surface area contributed by atoms with Gasteiger partial charge in [0.05, 0.1) is 5.56 Å². The number of carbonyl (C=O) groups is 1. The smallest absolute Gasteiger partial charge is 0.252 e. The molecule has 17 heavy (non-hydrogen) atoms. The van der Waals surface area contributed by atoms with Gasteiger partial charge >= 0.3 is 0 Å². The molecule has 0 aliphatic carbocycles. The van der Waals surface area contributed by atoms with Crippen LogP contribution in [0.2, 0.25) is 0 Å². The molecule has 88 valence electrons. The fourth-order valence-corrected chi connectivity index (χ4v) is 2.35. The number of hydrogen-bond donors (Lipinski definition) is 2. The molecule has 0 saturated carbocycles. The maximum atomic E-state index is 11.2. The van der Waals surface area contributed by atoms with Crippen molar-refractivity contribution in [3.8, 4) is 0 Å². The van der Waals surface area contributed by atoms with Crippen LogP contribution in [0.3, 0.4) is 0 Å². The molecule has 0 aromatic carbocycles. The van der Waals surface area contributed by atoms with Crippen LogP contribution in [0.5, 0.6) is 0 Å². The van der Waals surface area contributed by atoms with Gasteiger partial charge in [-0.2, -0.15) is 11.3 Å². The highest BCUT2D eigenvalue weighted by atomic mass is 32.1. The molecule has 4 nitrogen and oxygen atoms in total. The Balaban J connectivity index is 2.14. The molecule has 0 saturated heterocycles. The number of hydrogen-bond acceptors (Lipinski definition) is 4. The monoisotopic (exact) mass is 247 g/mol. The number of thiophene rings is 1. The predicted octanol–water partition coefficient (Wildman–Crippen LogP) is 2.16. The van der Waals surface area contributed by atoms with Gasteiger partial charge in [0.15, 0.2) is 0 Å². The number of pyridine rings is 1. The van der Waals surface area contributed by atoms with E-state index in [-0.39, 0.29) is 0 Å². The minimum atomic E-state index is -0.470. The lowest BCUT2D eigenvalue weighted by molar-refractivity contribution is 0.100. The standard InChI is InChI=1S/C12H13N3OS/c1-8-6-17-7-9(8)5-15-12-10(11(13)16)3-2-4-14-12/h2-4,6-7H,5H2,1H3,(H2,13,16)(H,14,15). The fraction of sp³-hybridized carbons (Fsp3) is 0.167. The van der Waals surface area contributed by atoms with E-state index in [1.807, 2.05) is 0 Å². The van der Waals surface area contributed by atoms with Gasteiger partial charge in [-0.25, -0.2) is 4.98 Å². The molecule has 0 atom stereocenters. The number of anilines is 1. The molecule has 0 radical (unpaired) electrons. The summed E-state index contributed by atoms with van der Waals surface area (Å²) in [4.78, 5) is 15.3. The first-order valence-electron chi connectivity index (χ1n) is 5.19. The van der Waals surface area contributed by atoms with E-state index >= 15 is 0 Å². The Kier molecular flexibility index (Phi) is 3.39. The summed E-state index contributed by atoms with van der Waals surface area (Å²) in [5, 5.41) is 7.30. The first-order valence-corrected chi connectivity index (χ1v) is 6.13. The van der Waals surface area contributed by atoms with E-state index in [0.717, 1.165) is 0 Å². The van der Waals surface area contributed by atoms with E-state index in [1.54, 1.807) is 29.7 Å². The minimum absolute atomic E-state index is 0.417. The first kappa shape index (κ1) is 11.6. The third kappa shape index (κ3) is 2.62. The lowest BCUT2D eigenvalue weighted by Gasteiger charge is -2.08. The van der Waals surface area contributed by atoms with E-state index in [2.05, 4.69) is 28.0 Å². The van der Waals surface area contributed by atoms with Gasteiger partial charge < -0.3 is 11.1 Å². The molecule has 1 amide bonds. The van der Waals surface area contributed by atoms with Crippen molar-refractivity contribution in [2.75, 3.05) is 5.32 Å². The van der Waals surface area contributed by atoms with Crippen LogP contribution in [0, 0.1) is 6.92 Å². The Morgan fingerprint density at radius 2 is 2.35 bits per heavy atom. The lowest BCUT2D eigenvalue weighted by atomic mass is 10.2. The van der Waals surface area contributed by atoms with Gasteiger partial charge in [0.2, 0.25) is 0 Å². The number of nitrogens with two attached hydrogens (primary N) is 1. The second-order valence-corrected chi connectivity index (χ2v) is 4.44. The van der Waals surface area contributed by atoms with E-state index in [1.165, 1.54) is 11.1 Å². The third-order valence-corrected chi connectivity index (χ3v) is 3.39. The summed E-state index contributed by atoms with van der Waals surface area (Å²) < 4.78 is 0. The molecule has 0 bridgehead atoms. The van der Waals surface area contributed by atoms with E-state index in [0.29, 0.717) is 17.9 Å². The number of amides is 1. The Bertz CT molecular complexity index is 536. The molecule has 2 aromatic rings. The first-order chi connectivity index (χ1) is 8.18. The second-order valence-electron chi connectivity index (χ2n) is 3.70. The highest BCUT2D eigenvalue weighted by Crippen LogP contribution is 2.16. The molecule has 5 heteroatoms. The van der Waals surface area contributed by atoms with Gasteiger partial charge in [-0.15, -0.1) is 0 Å². The van der Waals surface area contributed by atoms with Crippen molar-refractivity contribution >= 4 is 23.1 Å². The van der Waals surface area contributed by atoms with E-state index in [9.17, 15) is 4.79 Å². The van der Waals surface area contributed by atoms with Crippen molar-refractivity contribution in [3.05, 3.63) is 45.8 Å². The molecule has 3 N–H and O–H groups in total. The van der Waals surface area contributed by atoms with Crippen LogP contribution in [0.1, 0.15) is 21.5 Å². The molecule has 0 aliphatic heterocycles. The number of primary amides is 1. The van der Waals surface area contributed by atoms with Crippen molar-refractivity contribution < 1.29 is 4.79 Å². The summed E-state index contributed by atoms with van der Waals surface area (Å²) in [6.45, 7) is 2.70. The van der Waals surface area contributed by atoms with Crippen LogP contribution in [0.4, 0.5) is 5.82 Å². The Labute approximate surface area is 103 Å². The molecule has 2 aromatic heterocycles. The molecule has 2 heterocycles. The van der Waals surface area contributed by atoms with Crippen molar-refractivity contribution in [1.82, 2.24) is 4.98 Å². The Morgan fingerprint density at radius 3 is 3.00 bits per heavy atom. The van der Waals surface area contributed by atoms with Crippen molar-refractivity contribution in [2.45, 2.75) is 13.5 Å². The third-order valence-electron chi connectivity index (χ3n) is 2.48. The molecular formula is C12H13N3OS. The van der Waals surface area contributed by atoms with Gasteiger partial charge in [0.25, 0.3) is 5.91 Å². The van der Waals surface area contributed by atoms with Gasteiger partial charge in [-0.1, -0.05) is 0 Å². The zero-order chi connectivity index (χ0) is 12.3. The summed E-state index contributed by atoms with van der Waals surface area (Å²) in [6, 6.07) is 3.36. The summed E-state index contributed by atoms with van der Waals surface area (Å²) in [5.74, 6) is 0.0632. The molecule has 0 spiro atoms. The summed E-state index contributed by atoms with van der Waals surface area (Å²) >= 11 is 1.66. The van der Waals surface area contributed by atoms with Crippen molar-refractivity contribution in [1.29, 1.82) is 0 Å². The van der Waals surface area contributed by atoms with Gasteiger partial charge in [-0.3, -0.25) is 4.79 Å². The van der Waals surface area contributed by atoms with E-state index < -0.39 is 5.91 Å². The van der Waals surface area contributed by atoms with Crippen LogP contribution < -0.4 is 11.1 Å². The molecular weight excluding hydrogens is 234 g/mol. The van der Waals surface area contributed by atoms with Gasteiger partial charge in [-0.05, 0) is 40.9 Å². The molecule has 0 fully saturated rings. The Morgan fingerprint density at radius 1 is 1.53 bits per heavy atom. The largest absolute Gasteiger partial charge is 0.365 e. The van der Waals surface area contributed by atoms with Gasteiger partial charge in [0, 0.05) is 12.7 Å². The lowest BCUT2D eigenvalue weighted by Crippen LogP contribution is -2.15. The Hall–Kier alpha value is -1.88. The number of aryl methyl sites for hydroxylation is 1. The average Bonchev–Trinajstić information content (AvgIpc) is 2.72. The summed E-state index contributed by atoms with van der Waals surface area (Å²) in [7, 11) is 0. The summed E-state index contributed by atoms with van der Waals surface area (Å²) in [6.07, 6.45) is 1.63. The van der Waals surface area contributed by atoms with Crippen LogP contribution in [0.15, 0.2) is 29.1 Å². The minimum Gasteiger partial charge on any atom is -0.365 e. The zero-order valence-corrected chi connectivity index (χ0v) is 10.3. The van der Waals surface area contributed by atoms with Crippen LogP contribution >= 0.6 is 11.3 Å². The van der Waals surface area contributed by atoms with E-state index in [4.69, 9.17) is 5.73 Å². The number of nitrogens with zero attached hydrogens (tertiary/aromatic N) is 1. The number of carbonyl (C=O) groups excluding carboxylic acids is 1. The molecule has 0 unspecified atom stereocenters. The van der Waals surface area contributed by atoms with Crippen molar-refractivity contribution in [2.24, 2.45) is 5.73 Å². The number of aromatic nitrogens is 1. The zero-order valence-electron chi connectivity index (χ0n) is 9.43. The highest BCUT2D eigenvalue weighted by Gasteiger charge is 2.08. The topological polar surface area (TPSA) is 68.0 Å². The maximum Gasteiger partial charge on any atom is 0.252 e. The summed E-state index contributed by atoms with van der Waals surface area (Å²) in [5.41, 5.74) is 8.13. The maximum absolute atomic E-state index is 11.2. The second kappa shape index (κ2) is 4.97. The normalized spacial score (nSPS) is 10.2. The van der Waals surface area contributed by atoms with Gasteiger partial charge in [0.1, 0.15) is 5.82 Å². The van der Waals surface area contributed by atoms with Crippen molar-refractivity contribution in [3.63, 3.8) is 0 Å². The predicted molar refractivity (Wildman–Crippen MR) is 69.1 cm³/mol. The number of nitrogens with one attached hydrogen (secondary N) is 1. The quantitative estimate of drug-likeness (QED) is 0.870. The highest BCUT2D eigenvalue weighted by molar-refractivity contribution is 7.08. The van der Waals surface area contributed by atoms with Crippen LogP contribution in [-0.2, 0) is 6.54 Å². The molecule has 0 aliphatic rings. The average molecular weight is 247 g/mol. The number of rotatable bonds is 4. The SMILES string of the molecule is Cc1cscc1CNc1ncccc1C(N)=O. The van der Waals surface area contributed by atoms with Crippen LogP contribution in [-0.4, -0.2) is 10.9 Å².